The third kappa shape index (κ3) is 2.34. The SMILES string of the molecule is CC(CNc1cc(=O)[nH]cn1)C1CC1. The number of H-pyrrole nitrogens is 1. The van der Waals surface area contributed by atoms with Gasteiger partial charge in [-0.2, -0.15) is 0 Å². The maximum absolute atomic E-state index is 10.9. The minimum atomic E-state index is -0.110. The van der Waals surface area contributed by atoms with E-state index >= 15 is 0 Å². The van der Waals surface area contributed by atoms with Crippen LogP contribution < -0.4 is 10.9 Å². The van der Waals surface area contributed by atoms with Crippen molar-refractivity contribution in [2.24, 2.45) is 11.8 Å². The van der Waals surface area contributed by atoms with Gasteiger partial charge in [-0.25, -0.2) is 4.98 Å². The highest BCUT2D eigenvalue weighted by Crippen LogP contribution is 2.36. The first kappa shape index (κ1) is 9.24. The molecule has 0 spiro atoms. The van der Waals surface area contributed by atoms with Gasteiger partial charge in [0.15, 0.2) is 0 Å². The second kappa shape index (κ2) is 3.82. The van der Waals surface area contributed by atoms with Crippen LogP contribution >= 0.6 is 0 Å². The molecule has 1 heterocycles. The summed E-state index contributed by atoms with van der Waals surface area (Å²) in [7, 11) is 0. The van der Waals surface area contributed by atoms with E-state index in [1.165, 1.54) is 25.2 Å². The molecular weight excluding hydrogens is 178 g/mol. The summed E-state index contributed by atoms with van der Waals surface area (Å²) < 4.78 is 0. The lowest BCUT2D eigenvalue weighted by Gasteiger charge is -2.10. The second-order valence-electron chi connectivity index (χ2n) is 3.99. The Labute approximate surface area is 82.8 Å². The highest BCUT2D eigenvalue weighted by atomic mass is 16.1. The van der Waals surface area contributed by atoms with Gasteiger partial charge in [-0.3, -0.25) is 4.79 Å². The molecule has 76 valence electrons. The van der Waals surface area contributed by atoms with Crippen LogP contribution in [0, 0.1) is 11.8 Å². The van der Waals surface area contributed by atoms with Crippen LogP contribution in [0.25, 0.3) is 0 Å². The second-order valence-corrected chi connectivity index (χ2v) is 3.99. The normalized spacial score (nSPS) is 17.8. The van der Waals surface area contributed by atoms with Gasteiger partial charge in [-0.1, -0.05) is 6.92 Å². The van der Waals surface area contributed by atoms with Crippen molar-refractivity contribution in [2.45, 2.75) is 19.8 Å². The molecule has 0 saturated heterocycles. The van der Waals surface area contributed by atoms with Crippen LogP contribution in [0.15, 0.2) is 17.2 Å². The fraction of sp³-hybridized carbons (Fsp3) is 0.600. The molecule has 0 radical (unpaired) electrons. The van der Waals surface area contributed by atoms with E-state index in [2.05, 4.69) is 22.2 Å². The summed E-state index contributed by atoms with van der Waals surface area (Å²) in [6.45, 7) is 3.14. The van der Waals surface area contributed by atoms with E-state index in [1.807, 2.05) is 0 Å². The largest absolute Gasteiger partial charge is 0.370 e. The lowest BCUT2D eigenvalue weighted by molar-refractivity contribution is 0.536. The quantitative estimate of drug-likeness (QED) is 0.756. The fourth-order valence-corrected chi connectivity index (χ4v) is 1.56. The Morgan fingerprint density at radius 1 is 1.71 bits per heavy atom. The zero-order chi connectivity index (χ0) is 9.97. The summed E-state index contributed by atoms with van der Waals surface area (Å²) in [6.07, 6.45) is 4.13. The maximum atomic E-state index is 10.9. The predicted octanol–water partition coefficient (Wildman–Crippen LogP) is 1.23. The van der Waals surface area contributed by atoms with Crippen LogP contribution in [0.4, 0.5) is 5.82 Å². The van der Waals surface area contributed by atoms with Gasteiger partial charge in [0.25, 0.3) is 5.56 Å². The number of rotatable bonds is 4. The summed E-state index contributed by atoms with van der Waals surface area (Å²) in [5, 5.41) is 3.18. The molecule has 1 fully saturated rings. The zero-order valence-electron chi connectivity index (χ0n) is 8.29. The topological polar surface area (TPSA) is 57.8 Å². The average molecular weight is 193 g/mol. The van der Waals surface area contributed by atoms with Gasteiger partial charge in [0.1, 0.15) is 5.82 Å². The Morgan fingerprint density at radius 2 is 2.50 bits per heavy atom. The molecule has 0 bridgehead atoms. The van der Waals surface area contributed by atoms with Crippen molar-refractivity contribution in [3.63, 3.8) is 0 Å². The molecule has 1 saturated carbocycles. The predicted molar refractivity (Wildman–Crippen MR) is 55.2 cm³/mol. The van der Waals surface area contributed by atoms with Gasteiger partial charge in [0.2, 0.25) is 0 Å². The molecule has 0 aromatic carbocycles. The first-order valence-corrected chi connectivity index (χ1v) is 5.04. The van der Waals surface area contributed by atoms with Crippen molar-refractivity contribution in [3.8, 4) is 0 Å². The van der Waals surface area contributed by atoms with Crippen molar-refractivity contribution in [3.05, 3.63) is 22.7 Å². The Kier molecular flexibility index (Phi) is 2.52. The number of hydrogen-bond acceptors (Lipinski definition) is 3. The smallest absolute Gasteiger partial charge is 0.252 e. The van der Waals surface area contributed by atoms with Crippen LogP contribution in [-0.2, 0) is 0 Å². The lowest BCUT2D eigenvalue weighted by Crippen LogP contribution is -2.15. The third-order valence-corrected chi connectivity index (χ3v) is 2.71. The van der Waals surface area contributed by atoms with Crippen LogP contribution in [0.5, 0.6) is 0 Å². The molecular formula is C10H15N3O. The van der Waals surface area contributed by atoms with E-state index in [-0.39, 0.29) is 5.56 Å². The summed E-state index contributed by atoms with van der Waals surface area (Å²) in [6, 6.07) is 1.49. The van der Waals surface area contributed by atoms with E-state index in [9.17, 15) is 4.79 Å². The first-order chi connectivity index (χ1) is 6.75. The maximum Gasteiger partial charge on any atom is 0.252 e. The molecule has 4 nitrogen and oxygen atoms in total. The molecule has 2 N–H and O–H groups in total. The summed E-state index contributed by atoms with van der Waals surface area (Å²) >= 11 is 0. The molecule has 1 unspecified atom stereocenters. The van der Waals surface area contributed by atoms with E-state index in [4.69, 9.17) is 0 Å². The lowest BCUT2D eigenvalue weighted by atomic mass is 10.1. The van der Waals surface area contributed by atoms with Gasteiger partial charge >= 0.3 is 0 Å². The van der Waals surface area contributed by atoms with Crippen LogP contribution in [0.3, 0.4) is 0 Å². The van der Waals surface area contributed by atoms with Gasteiger partial charge in [-0.15, -0.1) is 0 Å². The van der Waals surface area contributed by atoms with Crippen molar-refractivity contribution in [1.82, 2.24) is 9.97 Å². The van der Waals surface area contributed by atoms with Crippen LogP contribution in [-0.4, -0.2) is 16.5 Å². The molecule has 0 aliphatic heterocycles. The monoisotopic (exact) mass is 193 g/mol. The van der Waals surface area contributed by atoms with E-state index in [0.29, 0.717) is 11.7 Å². The van der Waals surface area contributed by atoms with Crippen molar-refractivity contribution in [1.29, 1.82) is 0 Å². The van der Waals surface area contributed by atoms with Gasteiger partial charge in [-0.05, 0) is 24.7 Å². The third-order valence-electron chi connectivity index (χ3n) is 2.71. The first-order valence-electron chi connectivity index (χ1n) is 5.04. The number of hydrogen-bond donors (Lipinski definition) is 2. The number of nitrogens with one attached hydrogen (secondary N) is 2. The molecule has 1 aromatic heterocycles. The molecule has 0 amide bonds. The van der Waals surface area contributed by atoms with Crippen LogP contribution in [0.1, 0.15) is 19.8 Å². The molecule has 4 heteroatoms. The van der Waals surface area contributed by atoms with E-state index in [1.54, 1.807) is 0 Å². The molecule has 2 rings (SSSR count). The van der Waals surface area contributed by atoms with Crippen molar-refractivity contribution < 1.29 is 0 Å². The molecule has 1 aromatic rings. The summed E-state index contributed by atoms with van der Waals surface area (Å²) in [4.78, 5) is 17.5. The average Bonchev–Trinajstić information content (AvgIpc) is 2.97. The molecule has 1 atom stereocenters. The van der Waals surface area contributed by atoms with Crippen molar-refractivity contribution >= 4 is 5.82 Å². The Bertz CT molecular complexity index is 356. The number of aromatic nitrogens is 2. The van der Waals surface area contributed by atoms with Crippen LogP contribution in [0.2, 0.25) is 0 Å². The summed E-state index contributed by atoms with van der Waals surface area (Å²) in [5.74, 6) is 2.22. The van der Waals surface area contributed by atoms with Gasteiger partial charge in [0, 0.05) is 12.6 Å². The Balaban J connectivity index is 1.87. The fourth-order valence-electron chi connectivity index (χ4n) is 1.56. The van der Waals surface area contributed by atoms with E-state index < -0.39 is 0 Å². The zero-order valence-corrected chi connectivity index (χ0v) is 8.29. The Morgan fingerprint density at radius 3 is 3.14 bits per heavy atom. The standard InChI is InChI=1S/C10H15N3O/c1-7(8-2-3-8)5-11-9-4-10(14)13-6-12-9/h4,6-8H,2-3,5H2,1H3,(H2,11,12,13,14). The highest BCUT2D eigenvalue weighted by Gasteiger charge is 2.27. The highest BCUT2D eigenvalue weighted by molar-refractivity contribution is 5.31. The molecule has 14 heavy (non-hydrogen) atoms. The number of anilines is 1. The molecule has 1 aliphatic carbocycles. The van der Waals surface area contributed by atoms with Gasteiger partial charge in [0.05, 0.1) is 6.33 Å². The minimum absolute atomic E-state index is 0.110. The van der Waals surface area contributed by atoms with E-state index in [0.717, 1.165) is 12.5 Å². The summed E-state index contributed by atoms with van der Waals surface area (Å²) in [5.41, 5.74) is -0.110. The van der Waals surface area contributed by atoms with Gasteiger partial charge < -0.3 is 10.3 Å². The number of nitrogens with zero attached hydrogens (tertiary/aromatic N) is 1. The minimum Gasteiger partial charge on any atom is -0.370 e. The molecule has 1 aliphatic rings. The Hall–Kier alpha value is -1.32. The van der Waals surface area contributed by atoms with Crippen molar-refractivity contribution in [2.75, 3.05) is 11.9 Å². The number of aromatic amines is 1.